The number of ether oxygens (including phenoxy) is 1. The Morgan fingerprint density at radius 3 is 2.62 bits per heavy atom. The summed E-state index contributed by atoms with van der Waals surface area (Å²) in [5.41, 5.74) is 5.46. The Bertz CT molecular complexity index is 58.8. The van der Waals surface area contributed by atoms with Gasteiger partial charge in [0.05, 0.1) is 6.61 Å². The molecule has 1 saturated heterocycles. The maximum atomic E-state index is 8.75. The van der Waals surface area contributed by atoms with E-state index in [-0.39, 0.29) is 6.04 Å². The van der Waals surface area contributed by atoms with Crippen LogP contribution < -0.4 is 5.73 Å². The third-order valence-electron chi connectivity index (χ3n) is 1.29. The summed E-state index contributed by atoms with van der Waals surface area (Å²) < 4.78 is 4.82. The maximum Gasteiger partial charge on any atom is 0.154 e. The molecule has 1 rings (SSSR count). The van der Waals surface area contributed by atoms with Gasteiger partial charge in [0, 0.05) is 6.04 Å². The summed E-state index contributed by atoms with van der Waals surface area (Å²) in [7, 11) is 0. The minimum atomic E-state index is -0.560. The van der Waals surface area contributed by atoms with Crippen molar-refractivity contribution >= 4 is 0 Å². The summed E-state index contributed by atoms with van der Waals surface area (Å²) in [6, 6.07) is 0.137. The van der Waals surface area contributed by atoms with E-state index >= 15 is 0 Å². The fourth-order valence-electron chi connectivity index (χ4n) is 0.758. The molecule has 0 saturated carbocycles. The normalized spacial score (nSPS) is 39.8. The molecule has 8 heavy (non-hydrogen) atoms. The highest BCUT2D eigenvalue weighted by molar-refractivity contribution is 4.65. The van der Waals surface area contributed by atoms with Crippen molar-refractivity contribution in [2.75, 3.05) is 6.61 Å². The third-order valence-corrected chi connectivity index (χ3v) is 1.29. The first-order valence-corrected chi connectivity index (χ1v) is 2.84. The lowest BCUT2D eigenvalue weighted by molar-refractivity contribution is -0.128. The van der Waals surface area contributed by atoms with Gasteiger partial charge in [-0.3, -0.25) is 0 Å². The second-order valence-corrected chi connectivity index (χ2v) is 2.13. The van der Waals surface area contributed by atoms with Crippen LogP contribution in [0.2, 0.25) is 0 Å². The van der Waals surface area contributed by atoms with Crippen LogP contribution in [0, 0.1) is 0 Å². The van der Waals surface area contributed by atoms with E-state index in [2.05, 4.69) is 0 Å². The predicted octanol–water partition coefficient (Wildman–Crippen LogP) is -0.558. The maximum absolute atomic E-state index is 8.75. The lowest BCUT2D eigenvalue weighted by Crippen LogP contribution is -2.35. The fourth-order valence-corrected chi connectivity index (χ4v) is 0.758. The smallest absolute Gasteiger partial charge is 0.154 e. The highest BCUT2D eigenvalue weighted by Crippen LogP contribution is 2.08. The zero-order valence-electron chi connectivity index (χ0n) is 4.71. The molecular weight excluding hydrogens is 106 g/mol. The van der Waals surface area contributed by atoms with Gasteiger partial charge in [-0.2, -0.15) is 0 Å². The second kappa shape index (κ2) is 2.44. The van der Waals surface area contributed by atoms with Crippen molar-refractivity contribution in [3.05, 3.63) is 0 Å². The molecule has 0 spiro atoms. The lowest BCUT2D eigenvalue weighted by atomic mass is 10.1. The molecule has 3 heteroatoms. The van der Waals surface area contributed by atoms with E-state index < -0.39 is 6.29 Å². The molecule has 0 radical (unpaired) electrons. The molecule has 1 aliphatic rings. The number of aliphatic hydroxyl groups is 1. The molecule has 1 aliphatic heterocycles. The molecule has 0 aliphatic carbocycles. The van der Waals surface area contributed by atoms with Crippen molar-refractivity contribution in [3.8, 4) is 0 Å². The van der Waals surface area contributed by atoms with Crippen LogP contribution in [0.4, 0.5) is 0 Å². The molecule has 1 heterocycles. The van der Waals surface area contributed by atoms with E-state index in [1.807, 2.05) is 0 Å². The highest BCUT2D eigenvalue weighted by atomic mass is 16.6. The Kier molecular flexibility index (Phi) is 1.83. The van der Waals surface area contributed by atoms with Crippen LogP contribution in [0.25, 0.3) is 0 Å². The van der Waals surface area contributed by atoms with Crippen LogP contribution in [-0.4, -0.2) is 24.0 Å². The number of rotatable bonds is 0. The molecule has 0 bridgehead atoms. The molecule has 2 atom stereocenters. The SMILES string of the molecule is N[C@@H]1CC[C@@H](O)OC1. The van der Waals surface area contributed by atoms with Crippen molar-refractivity contribution in [1.82, 2.24) is 0 Å². The van der Waals surface area contributed by atoms with Gasteiger partial charge in [-0.05, 0) is 12.8 Å². The molecule has 0 unspecified atom stereocenters. The Labute approximate surface area is 48.4 Å². The molecule has 0 amide bonds. The van der Waals surface area contributed by atoms with E-state index in [9.17, 15) is 0 Å². The molecule has 0 aromatic carbocycles. The van der Waals surface area contributed by atoms with E-state index in [1.165, 1.54) is 0 Å². The third kappa shape index (κ3) is 1.43. The zero-order valence-corrected chi connectivity index (χ0v) is 4.71. The molecule has 48 valence electrons. The quantitative estimate of drug-likeness (QED) is 0.447. The Morgan fingerprint density at radius 2 is 2.25 bits per heavy atom. The van der Waals surface area contributed by atoms with Crippen molar-refractivity contribution in [1.29, 1.82) is 0 Å². The van der Waals surface area contributed by atoms with Crippen molar-refractivity contribution < 1.29 is 9.84 Å². The number of hydrogen-bond donors (Lipinski definition) is 2. The van der Waals surface area contributed by atoms with Crippen LogP contribution in [0.1, 0.15) is 12.8 Å². The topological polar surface area (TPSA) is 55.5 Å². The predicted molar refractivity (Wildman–Crippen MR) is 29.2 cm³/mol. The van der Waals surface area contributed by atoms with Gasteiger partial charge in [0.15, 0.2) is 6.29 Å². The second-order valence-electron chi connectivity index (χ2n) is 2.13. The summed E-state index contributed by atoms with van der Waals surface area (Å²) in [5.74, 6) is 0. The van der Waals surface area contributed by atoms with Gasteiger partial charge in [-0.1, -0.05) is 0 Å². The Balaban J connectivity index is 2.19. The van der Waals surface area contributed by atoms with Gasteiger partial charge >= 0.3 is 0 Å². The van der Waals surface area contributed by atoms with Crippen LogP contribution in [0.3, 0.4) is 0 Å². The first-order chi connectivity index (χ1) is 3.79. The summed E-state index contributed by atoms with van der Waals surface area (Å²) in [5, 5.41) is 8.75. The van der Waals surface area contributed by atoms with E-state index in [0.717, 1.165) is 6.42 Å². The molecule has 0 aromatic rings. The van der Waals surface area contributed by atoms with E-state index in [1.54, 1.807) is 0 Å². The zero-order chi connectivity index (χ0) is 5.98. The first kappa shape index (κ1) is 6.01. The van der Waals surface area contributed by atoms with Gasteiger partial charge in [0.25, 0.3) is 0 Å². The Hall–Kier alpha value is -0.120. The monoisotopic (exact) mass is 117 g/mol. The van der Waals surface area contributed by atoms with Gasteiger partial charge in [0.2, 0.25) is 0 Å². The van der Waals surface area contributed by atoms with Crippen molar-refractivity contribution in [3.63, 3.8) is 0 Å². The molecule has 0 aromatic heterocycles. The number of nitrogens with two attached hydrogens (primary N) is 1. The summed E-state index contributed by atoms with van der Waals surface area (Å²) in [4.78, 5) is 0. The minimum absolute atomic E-state index is 0.137. The molecular formula is C5H11NO2. The Morgan fingerprint density at radius 1 is 1.50 bits per heavy atom. The molecule has 3 nitrogen and oxygen atoms in total. The van der Waals surface area contributed by atoms with Gasteiger partial charge in [0.1, 0.15) is 0 Å². The molecule has 1 fully saturated rings. The summed E-state index contributed by atoms with van der Waals surface area (Å²) >= 11 is 0. The number of hydrogen-bond acceptors (Lipinski definition) is 3. The van der Waals surface area contributed by atoms with Crippen LogP contribution in [-0.2, 0) is 4.74 Å². The largest absolute Gasteiger partial charge is 0.368 e. The summed E-state index contributed by atoms with van der Waals surface area (Å²) in [6.45, 7) is 0.501. The average molecular weight is 117 g/mol. The van der Waals surface area contributed by atoms with Gasteiger partial charge in [-0.25, -0.2) is 0 Å². The van der Waals surface area contributed by atoms with Crippen LogP contribution in [0.15, 0.2) is 0 Å². The van der Waals surface area contributed by atoms with E-state index in [0.29, 0.717) is 13.0 Å². The molecule has 3 N–H and O–H groups in total. The standard InChI is InChI=1S/C5H11NO2/c6-4-1-2-5(7)8-3-4/h4-5,7H,1-3,6H2/t4-,5+/m1/s1. The summed E-state index contributed by atoms with van der Waals surface area (Å²) in [6.07, 6.45) is 0.997. The van der Waals surface area contributed by atoms with Crippen molar-refractivity contribution in [2.24, 2.45) is 5.73 Å². The van der Waals surface area contributed by atoms with Crippen molar-refractivity contribution in [2.45, 2.75) is 25.2 Å². The lowest BCUT2D eigenvalue weighted by Gasteiger charge is -2.22. The van der Waals surface area contributed by atoms with Crippen LogP contribution in [0.5, 0.6) is 0 Å². The minimum Gasteiger partial charge on any atom is -0.368 e. The fraction of sp³-hybridized carbons (Fsp3) is 1.00. The van der Waals surface area contributed by atoms with Gasteiger partial charge < -0.3 is 15.6 Å². The van der Waals surface area contributed by atoms with Gasteiger partial charge in [-0.15, -0.1) is 0 Å². The number of aliphatic hydroxyl groups excluding tert-OH is 1. The van der Waals surface area contributed by atoms with Crippen LogP contribution >= 0.6 is 0 Å². The first-order valence-electron chi connectivity index (χ1n) is 2.84. The van der Waals surface area contributed by atoms with E-state index in [4.69, 9.17) is 15.6 Å². The average Bonchev–Trinajstić information content (AvgIpc) is 1.77. The highest BCUT2D eigenvalue weighted by Gasteiger charge is 2.15.